The third-order valence-corrected chi connectivity index (χ3v) is 5.06. The second kappa shape index (κ2) is 6.51. The second-order valence-corrected chi connectivity index (χ2v) is 6.77. The first kappa shape index (κ1) is 16.0. The fourth-order valence-corrected chi connectivity index (χ4v) is 3.62. The molecule has 0 unspecified atom stereocenters. The van der Waals surface area contributed by atoms with Crippen LogP contribution in [0.3, 0.4) is 0 Å². The Labute approximate surface area is 157 Å². The van der Waals surface area contributed by atoms with E-state index in [1.807, 2.05) is 31.7 Å². The molecule has 4 aromatic rings. The number of aryl methyl sites for hydroxylation is 1. The summed E-state index contributed by atoms with van der Waals surface area (Å²) in [6, 6.07) is 10.5. The molecule has 0 amide bonds. The third kappa shape index (κ3) is 2.86. The average Bonchev–Trinajstić information content (AvgIpc) is 3.41. The quantitative estimate of drug-likeness (QED) is 0.608. The Hall–Kier alpha value is -3.19. The SMILES string of the molecule is Cc1nccn1Cc1ccccc1-n1ccnc1-c1cc2n(n1)CCNC2. The van der Waals surface area contributed by atoms with E-state index in [2.05, 4.69) is 59.4 Å². The van der Waals surface area contributed by atoms with Crippen molar-refractivity contribution in [1.29, 1.82) is 0 Å². The lowest BCUT2D eigenvalue weighted by Gasteiger charge is -2.14. The molecule has 7 nitrogen and oxygen atoms in total. The molecule has 27 heavy (non-hydrogen) atoms. The van der Waals surface area contributed by atoms with E-state index in [0.29, 0.717) is 0 Å². The van der Waals surface area contributed by atoms with Gasteiger partial charge in [-0.15, -0.1) is 0 Å². The smallest absolute Gasteiger partial charge is 0.165 e. The minimum atomic E-state index is 0.767. The zero-order valence-electron chi connectivity index (χ0n) is 15.2. The molecule has 7 heteroatoms. The molecule has 5 rings (SSSR count). The van der Waals surface area contributed by atoms with Gasteiger partial charge < -0.3 is 9.88 Å². The molecule has 0 spiro atoms. The lowest BCUT2D eigenvalue weighted by atomic mass is 10.1. The highest BCUT2D eigenvalue weighted by atomic mass is 15.3. The van der Waals surface area contributed by atoms with Crippen LogP contribution in [0.5, 0.6) is 0 Å². The van der Waals surface area contributed by atoms with Crippen LogP contribution in [0, 0.1) is 6.92 Å². The van der Waals surface area contributed by atoms with Gasteiger partial charge in [0.25, 0.3) is 0 Å². The van der Waals surface area contributed by atoms with Crippen molar-refractivity contribution in [3.8, 4) is 17.2 Å². The summed E-state index contributed by atoms with van der Waals surface area (Å²) in [6.07, 6.45) is 7.69. The van der Waals surface area contributed by atoms with Crippen molar-refractivity contribution in [3.63, 3.8) is 0 Å². The summed E-state index contributed by atoms with van der Waals surface area (Å²) in [5, 5.41) is 8.17. The molecule has 0 saturated carbocycles. The third-order valence-electron chi connectivity index (χ3n) is 5.06. The number of imidazole rings is 2. The summed E-state index contributed by atoms with van der Waals surface area (Å²) >= 11 is 0. The number of hydrogen-bond donors (Lipinski definition) is 1. The van der Waals surface area contributed by atoms with E-state index in [1.54, 1.807) is 0 Å². The predicted molar refractivity (Wildman–Crippen MR) is 103 cm³/mol. The standard InChI is InChI=1S/C20H21N7/c1-15-22-7-9-25(15)14-16-4-2-3-5-19(16)26-10-8-23-20(26)18-12-17-13-21-6-11-27(17)24-18/h2-5,7-10,12,21H,6,11,13-14H2,1H3. The van der Waals surface area contributed by atoms with Crippen molar-refractivity contribution in [2.45, 2.75) is 26.6 Å². The Morgan fingerprint density at radius 1 is 1.11 bits per heavy atom. The van der Waals surface area contributed by atoms with E-state index in [1.165, 1.54) is 11.3 Å². The molecule has 0 saturated heterocycles. The normalized spacial score (nSPS) is 13.7. The van der Waals surface area contributed by atoms with E-state index in [4.69, 9.17) is 5.10 Å². The molecule has 136 valence electrons. The summed E-state index contributed by atoms with van der Waals surface area (Å²) in [5.41, 5.74) is 4.44. The highest BCUT2D eigenvalue weighted by Gasteiger charge is 2.17. The van der Waals surface area contributed by atoms with Gasteiger partial charge in [0.15, 0.2) is 5.82 Å². The maximum atomic E-state index is 4.78. The largest absolute Gasteiger partial charge is 0.331 e. The van der Waals surface area contributed by atoms with Gasteiger partial charge in [0, 0.05) is 37.9 Å². The minimum Gasteiger partial charge on any atom is -0.331 e. The van der Waals surface area contributed by atoms with Crippen LogP contribution in [-0.2, 0) is 19.6 Å². The van der Waals surface area contributed by atoms with Gasteiger partial charge in [-0.2, -0.15) is 5.10 Å². The van der Waals surface area contributed by atoms with E-state index in [0.717, 1.165) is 49.2 Å². The molecule has 1 N–H and O–H groups in total. The summed E-state index contributed by atoms with van der Waals surface area (Å²) in [5.74, 6) is 1.87. The Kier molecular flexibility index (Phi) is 3.86. The number of benzene rings is 1. The summed E-state index contributed by atoms with van der Waals surface area (Å²) in [4.78, 5) is 8.94. The van der Waals surface area contributed by atoms with Crippen molar-refractivity contribution in [1.82, 2.24) is 34.2 Å². The molecule has 1 aliphatic rings. The zero-order valence-corrected chi connectivity index (χ0v) is 15.2. The first-order valence-corrected chi connectivity index (χ1v) is 9.17. The molecule has 3 aromatic heterocycles. The lowest BCUT2D eigenvalue weighted by molar-refractivity contribution is 0.476. The molecule has 1 aliphatic heterocycles. The average molecular weight is 359 g/mol. The Balaban J connectivity index is 1.56. The summed E-state index contributed by atoms with van der Waals surface area (Å²) < 4.78 is 6.35. The number of nitrogens with one attached hydrogen (secondary N) is 1. The van der Waals surface area contributed by atoms with Crippen LogP contribution in [0.25, 0.3) is 17.2 Å². The molecule has 0 fully saturated rings. The monoisotopic (exact) mass is 359 g/mol. The number of aromatic nitrogens is 6. The van der Waals surface area contributed by atoms with Crippen LogP contribution >= 0.6 is 0 Å². The van der Waals surface area contributed by atoms with E-state index in [9.17, 15) is 0 Å². The van der Waals surface area contributed by atoms with Gasteiger partial charge in [-0.1, -0.05) is 18.2 Å². The minimum absolute atomic E-state index is 0.767. The Morgan fingerprint density at radius 3 is 2.85 bits per heavy atom. The first-order valence-electron chi connectivity index (χ1n) is 9.17. The zero-order chi connectivity index (χ0) is 18.2. The van der Waals surface area contributed by atoms with Crippen LogP contribution in [0.4, 0.5) is 0 Å². The molecule has 0 radical (unpaired) electrons. The molecule has 4 heterocycles. The molecular formula is C20H21N7. The van der Waals surface area contributed by atoms with Gasteiger partial charge in [-0.3, -0.25) is 9.25 Å². The van der Waals surface area contributed by atoms with E-state index < -0.39 is 0 Å². The van der Waals surface area contributed by atoms with Crippen molar-refractivity contribution >= 4 is 0 Å². The van der Waals surface area contributed by atoms with Gasteiger partial charge >= 0.3 is 0 Å². The number of hydrogen-bond acceptors (Lipinski definition) is 4. The second-order valence-electron chi connectivity index (χ2n) is 6.77. The van der Waals surface area contributed by atoms with Gasteiger partial charge in [0.05, 0.1) is 24.5 Å². The maximum Gasteiger partial charge on any atom is 0.165 e. The predicted octanol–water partition coefficient (Wildman–Crippen LogP) is 2.39. The molecule has 0 bridgehead atoms. The molecule has 0 aliphatic carbocycles. The molecular weight excluding hydrogens is 338 g/mol. The highest BCUT2D eigenvalue weighted by molar-refractivity contribution is 5.56. The molecule has 0 atom stereocenters. The molecule has 1 aromatic carbocycles. The number of nitrogens with zero attached hydrogens (tertiary/aromatic N) is 6. The van der Waals surface area contributed by atoms with Crippen molar-refractivity contribution in [3.05, 3.63) is 72.2 Å². The van der Waals surface area contributed by atoms with Gasteiger partial charge in [0.2, 0.25) is 0 Å². The van der Waals surface area contributed by atoms with Gasteiger partial charge in [-0.05, 0) is 24.6 Å². The van der Waals surface area contributed by atoms with E-state index >= 15 is 0 Å². The highest BCUT2D eigenvalue weighted by Crippen LogP contribution is 2.25. The van der Waals surface area contributed by atoms with Gasteiger partial charge in [0.1, 0.15) is 11.5 Å². The van der Waals surface area contributed by atoms with Crippen LogP contribution in [0.15, 0.2) is 55.1 Å². The van der Waals surface area contributed by atoms with Gasteiger partial charge in [-0.25, -0.2) is 9.97 Å². The summed E-state index contributed by atoms with van der Waals surface area (Å²) in [7, 11) is 0. The van der Waals surface area contributed by atoms with E-state index in [-0.39, 0.29) is 0 Å². The van der Waals surface area contributed by atoms with Crippen molar-refractivity contribution < 1.29 is 0 Å². The lowest BCUT2D eigenvalue weighted by Crippen LogP contribution is -2.28. The number of para-hydroxylation sites is 1. The maximum absolute atomic E-state index is 4.78. The Bertz CT molecular complexity index is 1060. The first-order chi connectivity index (χ1) is 13.3. The van der Waals surface area contributed by atoms with Crippen LogP contribution in [-0.4, -0.2) is 35.4 Å². The summed E-state index contributed by atoms with van der Waals surface area (Å²) in [6.45, 7) is 5.49. The van der Waals surface area contributed by atoms with Crippen molar-refractivity contribution in [2.75, 3.05) is 6.54 Å². The fourth-order valence-electron chi connectivity index (χ4n) is 3.62. The van der Waals surface area contributed by atoms with Crippen LogP contribution in [0.2, 0.25) is 0 Å². The van der Waals surface area contributed by atoms with Crippen LogP contribution in [0.1, 0.15) is 17.1 Å². The number of fused-ring (bicyclic) bond motifs is 1. The van der Waals surface area contributed by atoms with Crippen LogP contribution < -0.4 is 5.32 Å². The number of rotatable bonds is 4. The Morgan fingerprint density at radius 2 is 2.00 bits per heavy atom. The topological polar surface area (TPSA) is 65.5 Å². The van der Waals surface area contributed by atoms with Crippen molar-refractivity contribution in [2.24, 2.45) is 0 Å². The fraction of sp³-hybridized carbons (Fsp3) is 0.250.